The highest BCUT2D eigenvalue weighted by Crippen LogP contribution is 2.29. The van der Waals surface area contributed by atoms with Crippen LogP contribution in [0.15, 0.2) is 21.5 Å². The number of thiazole rings is 4. The van der Waals surface area contributed by atoms with Gasteiger partial charge in [-0.25, -0.2) is 19.9 Å². The number of carbonyl (C=O) groups excluding carboxylic acids is 1. The van der Waals surface area contributed by atoms with Gasteiger partial charge in [0.15, 0.2) is 0 Å². The lowest BCUT2D eigenvalue weighted by molar-refractivity contribution is 0.0934. The summed E-state index contributed by atoms with van der Waals surface area (Å²) in [5.41, 5.74) is 6.57. The molecule has 65 heavy (non-hydrogen) atoms. The Balaban J connectivity index is 0.000000435. The highest BCUT2D eigenvalue weighted by molar-refractivity contribution is 7.10. The van der Waals surface area contributed by atoms with Gasteiger partial charge in [-0.15, -0.1) is 45.3 Å². The molecule has 11 heteroatoms. The monoisotopic (exact) mass is 973 g/mol. The number of rotatable bonds is 11. The van der Waals surface area contributed by atoms with Crippen LogP contribution in [-0.2, 0) is 45.1 Å². The Bertz CT molecular complexity index is 1820. The minimum atomic E-state index is -0.0682. The van der Waals surface area contributed by atoms with E-state index in [-0.39, 0.29) is 16.7 Å². The van der Waals surface area contributed by atoms with Crippen molar-refractivity contribution in [2.75, 3.05) is 13.1 Å². The second kappa shape index (κ2) is 25.0. The van der Waals surface area contributed by atoms with Crippen LogP contribution in [0.4, 0.5) is 0 Å². The van der Waals surface area contributed by atoms with Crippen molar-refractivity contribution in [3.63, 3.8) is 0 Å². The van der Waals surface area contributed by atoms with Gasteiger partial charge in [0.1, 0.15) is 5.69 Å². The van der Waals surface area contributed by atoms with Crippen LogP contribution in [0.1, 0.15) is 214 Å². The Kier molecular flexibility index (Phi) is 23.4. The number of hydrogen-bond acceptors (Lipinski definition) is 10. The summed E-state index contributed by atoms with van der Waals surface area (Å²) in [4.78, 5) is 30.4. The lowest BCUT2D eigenvalue weighted by Crippen LogP contribution is -2.32. The molecule has 4 aromatic heterocycles. The fraction of sp³-hybridized carbons (Fsp3) is 0.759. The van der Waals surface area contributed by atoms with Crippen molar-refractivity contribution in [1.82, 2.24) is 30.6 Å². The number of amides is 1. The molecule has 0 fully saturated rings. The lowest BCUT2D eigenvalue weighted by Gasteiger charge is -2.18. The normalized spacial score (nSPS) is 13.0. The summed E-state index contributed by atoms with van der Waals surface area (Å²) in [6.07, 6.45) is 6.30. The Hall–Kier alpha value is -2.05. The predicted octanol–water partition coefficient (Wildman–Crippen LogP) is 16.0. The van der Waals surface area contributed by atoms with Crippen LogP contribution >= 0.6 is 45.3 Å². The van der Waals surface area contributed by atoms with Crippen LogP contribution in [0.25, 0.3) is 0 Å². The molecule has 7 nitrogen and oxygen atoms in total. The molecule has 2 N–H and O–H groups in total. The van der Waals surface area contributed by atoms with Gasteiger partial charge in [-0.1, -0.05) is 166 Å². The molecular weight excluding hydrogens is 877 g/mol. The topological polar surface area (TPSA) is 92.7 Å². The van der Waals surface area contributed by atoms with Crippen molar-refractivity contribution in [3.8, 4) is 0 Å². The molecular formula is C54H96N6OS4. The fourth-order valence-corrected chi connectivity index (χ4v) is 10.3. The summed E-state index contributed by atoms with van der Waals surface area (Å²) in [6, 6.07) is 0. The first-order valence-electron chi connectivity index (χ1n) is 23.8. The first-order valence-corrected chi connectivity index (χ1v) is 27.3. The van der Waals surface area contributed by atoms with E-state index in [4.69, 9.17) is 9.97 Å². The minimum absolute atomic E-state index is 0.0682. The van der Waals surface area contributed by atoms with Gasteiger partial charge in [0.05, 0.1) is 37.1 Å². The van der Waals surface area contributed by atoms with Crippen LogP contribution in [0, 0.1) is 43.3 Å². The highest BCUT2D eigenvalue weighted by Gasteiger charge is 2.21. The highest BCUT2D eigenvalue weighted by atomic mass is 32.1. The average molecular weight is 974 g/mol. The maximum absolute atomic E-state index is 11.9. The molecule has 4 heterocycles. The zero-order valence-electron chi connectivity index (χ0n) is 46.0. The maximum Gasteiger partial charge on any atom is 0.270 e. The predicted molar refractivity (Wildman–Crippen MR) is 290 cm³/mol. The van der Waals surface area contributed by atoms with Gasteiger partial charge in [-0.2, -0.15) is 0 Å². The Labute approximate surface area is 416 Å². The van der Waals surface area contributed by atoms with Crippen molar-refractivity contribution in [1.29, 1.82) is 0 Å². The van der Waals surface area contributed by atoms with Gasteiger partial charge in [0.2, 0.25) is 0 Å². The van der Waals surface area contributed by atoms with E-state index in [0.717, 1.165) is 56.6 Å². The van der Waals surface area contributed by atoms with E-state index < -0.39 is 0 Å². The van der Waals surface area contributed by atoms with Gasteiger partial charge in [0.25, 0.3) is 5.91 Å². The fourth-order valence-electron chi connectivity index (χ4n) is 5.93. The molecule has 0 aromatic carbocycles. The summed E-state index contributed by atoms with van der Waals surface area (Å²) >= 11 is 6.96. The zero-order valence-corrected chi connectivity index (χ0v) is 49.3. The molecule has 0 aliphatic rings. The van der Waals surface area contributed by atoms with Gasteiger partial charge >= 0.3 is 0 Å². The summed E-state index contributed by atoms with van der Waals surface area (Å²) in [7, 11) is 0. The lowest BCUT2D eigenvalue weighted by atomic mass is 9.91. The molecule has 0 aliphatic carbocycles. The minimum Gasteiger partial charge on any atom is -0.350 e. The van der Waals surface area contributed by atoms with E-state index in [1.807, 2.05) is 5.38 Å². The third-order valence-electron chi connectivity index (χ3n) is 8.47. The summed E-state index contributed by atoms with van der Waals surface area (Å²) < 4.78 is 0. The summed E-state index contributed by atoms with van der Waals surface area (Å²) in [5.74, 6) is -0.0682. The van der Waals surface area contributed by atoms with Gasteiger partial charge in [-0.3, -0.25) is 4.79 Å². The molecule has 0 saturated heterocycles. The van der Waals surface area contributed by atoms with Gasteiger partial charge in [-0.05, 0) is 56.2 Å². The van der Waals surface area contributed by atoms with Gasteiger partial charge < -0.3 is 10.6 Å². The Morgan fingerprint density at radius 3 is 1.00 bits per heavy atom. The zero-order chi connectivity index (χ0) is 50.5. The molecule has 0 bridgehead atoms. The van der Waals surface area contributed by atoms with Crippen molar-refractivity contribution < 1.29 is 4.79 Å². The summed E-state index contributed by atoms with van der Waals surface area (Å²) in [6.45, 7) is 56.0. The standard InChI is InChI=1S/C14H24N2OS.C14H26N2S.2C13H23NS/c1-13(2,3)7-11-16-10(8-18-11)12(17)15-9-14(4,5)6;1-13(2,3)7-12-16-11(9-17-12)8-15-10-14(4,5)6;2*1-12(2,3)7-10-9-15-11(14-10)8-13(4,5)6/h8H,7,9H2,1-6H3,(H,15,17);9,15H,7-8,10H2,1-6H3;2*9H,7-8H2,1-6H3. The van der Waals surface area contributed by atoms with E-state index in [1.165, 1.54) is 32.1 Å². The van der Waals surface area contributed by atoms with Gasteiger partial charge in [0, 0.05) is 66.8 Å². The molecule has 0 spiro atoms. The third kappa shape index (κ3) is 34.0. The van der Waals surface area contributed by atoms with Crippen LogP contribution in [0.2, 0.25) is 0 Å². The molecule has 0 saturated carbocycles. The molecule has 4 aromatic rings. The quantitative estimate of drug-likeness (QED) is 0.156. The van der Waals surface area contributed by atoms with Crippen molar-refractivity contribution in [3.05, 3.63) is 64.3 Å². The van der Waals surface area contributed by atoms with Crippen molar-refractivity contribution in [2.45, 2.75) is 211 Å². The Morgan fingerprint density at radius 2 is 0.677 bits per heavy atom. The Morgan fingerprint density at radius 1 is 0.385 bits per heavy atom. The molecule has 372 valence electrons. The first-order chi connectivity index (χ1) is 29.0. The van der Waals surface area contributed by atoms with Crippen LogP contribution in [0.3, 0.4) is 0 Å². The van der Waals surface area contributed by atoms with Crippen molar-refractivity contribution in [2.24, 2.45) is 43.3 Å². The molecule has 0 aliphatic heterocycles. The van der Waals surface area contributed by atoms with Crippen LogP contribution < -0.4 is 10.6 Å². The molecule has 0 radical (unpaired) electrons. The molecule has 0 atom stereocenters. The van der Waals surface area contributed by atoms with Crippen molar-refractivity contribution >= 4 is 51.3 Å². The van der Waals surface area contributed by atoms with Crippen LogP contribution in [0.5, 0.6) is 0 Å². The average Bonchev–Trinajstić information content (AvgIpc) is 3.86. The SMILES string of the molecule is CC(C)(C)CNC(=O)c1csc(CC(C)(C)C)n1.CC(C)(C)CNCc1csc(CC(C)(C)C)n1.CC(C)(C)Cc1csc(CC(C)(C)C)n1.CC(C)(C)Cc1csc(CC(C)(C)C)n1. The van der Waals surface area contributed by atoms with E-state index >= 15 is 0 Å². The number of aromatic nitrogens is 4. The smallest absolute Gasteiger partial charge is 0.270 e. The van der Waals surface area contributed by atoms with E-state index in [0.29, 0.717) is 44.7 Å². The van der Waals surface area contributed by atoms with E-state index in [9.17, 15) is 4.79 Å². The van der Waals surface area contributed by atoms with E-state index in [2.05, 4.69) is 203 Å². The molecule has 0 unspecified atom stereocenters. The molecule has 1 amide bonds. The third-order valence-corrected chi connectivity index (χ3v) is 12.0. The number of carbonyl (C=O) groups is 1. The largest absolute Gasteiger partial charge is 0.350 e. The first kappa shape index (κ1) is 61.0. The summed E-state index contributed by atoms with van der Waals surface area (Å²) in [5, 5.41) is 19.7. The number of nitrogens with zero attached hydrogens (tertiary/aromatic N) is 4. The second-order valence-electron chi connectivity index (χ2n) is 27.7. The molecule has 4 rings (SSSR count). The second-order valence-corrected chi connectivity index (χ2v) is 31.4. The number of hydrogen-bond donors (Lipinski definition) is 2. The van der Waals surface area contributed by atoms with E-state index in [1.54, 1.807) is 45.3 Å². The van der Waals surface area contributed by atoms with Crippen LogP contribution in [-0.4, -0.2) is 38.9 Å². The maximum atomic E-state index is 11.9. The number of nitrogens with one attached hydrogen (secondary N) is 2.